The molecular weight excluding hydrogens is 781 g/mol. The molecule has 3 heterocycles. The molecule has 0 aliphatic carbocycles. The van der Waals surface area contributed by atoms with Gasteiger partial charge in [-0.2, -0.15) is 0 Å². The van der Waals surface area contributed by atoms with Crippen molar-refractivity contribution >= 4 is 72.4 Å². The van der Waals surface area contributed by atoms with E-state index in [4.69, 9.17) is 27.4 Å². The number of hydrogen-bond donors (Lipinski definition) is 0. The molecule has 0 bridgehead atoms. The van der Waals surface area contributed by atoms with Crippen molar-refractivity contribution in [2.24, 2.45) is 0 Å². The SMILES string of the molecule is [2H]c1c([2H])c([2H])c([Si](c2c([2H])c([2H])c([2H])c([2H])c2[2H])(c2c([2H])c([2H])c([2H])c([2H])c2[2H])c2c([2H])c([2H])c([2H])c(-c3nc(-c4c([2H])c([2H])c([2H])c([2H])c4-n4c5c([2H])c([2H])c([2H])c([2H])c5c5c([2H])c([2H])c([2H])c([2H])c54)cc(-n4c5c([2H])c([2H])c([2H])c([2H])c5c5c([2H])c([2H])c([2H])c([2H])c54)n3)c2[2H])c([2H])c1[2H]. The fourth-order valence-corrected chi connectivity index (χ4v) is 11.0. The second kappa shape index (κ2) is 15.1. The predicted molar refractivity (Wildman–Crippen MR) is 265 cm³/mol. The first-order chi connectivity index (χ1) is 47.5. The van der Waals surface area contributed by atoms with Crippen molar-refractivity contribution in [3.05, 3.63) is 242 Å². The minimum absolute atomic E-state index is 0.642. The average molecular weight is 860 g/mol. The zero-order valence-electron chi connectivity index (χ0n) is 70.4. The van der Waals surface area contributed by atoms with Crippen LogP contribution in [0, 0.1) is 0 Å². The van der Waals surface area contributed by atoms with Gasteiger partial charge in [-0.05, 0) is 51.0 Å². The molecule has 0 fully saturated rings. The zero-order chi connectivity index (χ0) is 75.7. The fraction of sp³-hybridized carbons (Fsp3) is 0. The van der Waals surface area contributed by atoms with Gasteiger partial charge in [0.1, 0.15) is 5.82 Å². The Morgan fingerprint density at radius 2 is 0.778 bits per heavy atom. The van der Waals surface area contributed by atoms with Gasteiger partial charge in [0, 0.05) is 38.7 Å². The summed E-state index contributed by atoms with van der Waals surface area (Å²) in [5.74, 6) is -2.26. The van der Waals surface area contributed by atoms with Gasteiger partial charge in [0.15, 0.2) is 13.9 Å². The molecule has 5 heteroatoms. The molecule has 0 amide bonds. The Morgan fingerprint density at radius 1 is 0.365 bits per heavy atom. The third-order valence-electron chi connectivity index (χ3n) is 10.0. The van der Waals surface area contributed by atoms with Crippen molar-refractivity contribution < 1.29 is 53.5 Å². The van der Waals surface area contributed by atoms with Crippen LogP contribution in [0.3, 0.4) is 0 Å². The Kier molecular flexibility index (Phi) is 3.47. The van der Waals surface area contributed by atoms with E-state index in [0.29, 0.717) is 9.13 Å². The van der Waals surface area contributed by atoms with Gasteiger partial charge in [0.05, 0.1) is 86.9 Å². The summed E-state index contributed by atoms with van der Waals surface area (Å²) >= 11 is 0. The van der Waals surface area contributed by atoms with Crippen LogP contribution in [0.2, 0.25) is 0 Å². The molecule has 0 unspecified atom stereocenters. The first-order valence-corrected chi connectivity index (χ1v) is 20.3. The van der Waals surface area contributed by atoms with E-state index in [1.165, 1.54) is 0 Å². The monoisotopic (exact) mass is 860 g/mol. The maximum Gasteiger partial charge on any atom is 0.179 e. The summed E-state index contributed by atoms with van der Waals surface area (Å²) in [4.78, 5) is 9.31. The number of fused-ring (bicyclic) bond motifs is 6. The van der Waals surface area contributed by atoms with Gasteiger partial charge in [-0.15, -0.1) is 0 Å². The molecule has 12 aromatic rings. The van der Waals surface area contributed by atoms with Crippen LogP contribution in [-0.4, -0.2) is 27.2 Å². The van der Waals surface area contributed by atoms with Gasteiger partial charge in [-0.25, -0.2) is 9.97 Å². The van der Waals surface area contributed by atoms with Crippen molar-refractivity contribution in [1.29, 1.82) is 0 Å². The van der Waals surface area contributed by atoms with E-state index in [1.54, 1.807) is 0 Å². The summed E-state index contributed by atoms with van der Waals surface area (Å²) in [6.45, 7) is 0. The van der Waals surface area contributed by atoms with E-state index in [2.05, 4.69) is 9.97 Å². The smallest absolute Gasteiger partial charge is 0.179 e. The normalized spacial score (nSPS) is 20.5. The maximum absolute atomic E-state index is 10.7. The summed E-state index contributed by atoms with van der Waals surface area (Å²) in [7, 11) is -6.70. The van der Waals surface area contributed by atoms with Gasteiger partial charge in [0.25, 0.3) is 0 Å². The van der Waals surface area contributed by atoms with Crippen LogP contribution < -0.4 is 20.7 Å². The van der Waals surface area contributed by atoms with Crippen molar-refractivity contribution in [2.75, 3.05) is 0 Å². The second-order valence-electron chi connectivity index (χ2n) is 13.2. The lowest BCUT2D eigenvalue weighted by atomic mass is 10.1. The molecule has 296 valence electrons. The Morgan fingerprint density at radius 3 is 1.29 bits per heavy atom. The lowest BCUT2D eigenvalue weighted by Gasteiger charge is -2.34. The highest BCUT2D eigenvalue weighted by Gasteiger charge is 2.41. The minimum Gasteiger partial charge on any atom is -0.309 e. The Bertz CT molecular complexity index is 5550. The molecule has 0 spiro atoms. The molecule has 0 N–H and O–H groups in total. The first-order valence-electron chi connectivity index (χ1n) is 37.8. The minimum atomic E-state index is -6.70. The van der Waals surface area contributed by atoms with Crippen LogP contribution in [0.4, 0.5) is 0 Å². The van der Waals surface area contributed by atoms with E-state index in [9.17, 15) is 26.0 Å². The van der Waals surface area contributed by atoms with Crippen LogP contribution in [0.1, 0.15) is 53.5 Å². The molecule has 12 rings (SSSR count). The van der Waals surface area contributed by atoms with Crippen molar-refractivity contribution in [2.45, 2.75) is 0 Å². The van der Waals surface area contributed by atoms with Crippen molar-refractivity contribution in [3.63, 3.8) is 0 Å². The van der Waals surface area contributed by atoms with Gasteiger partial charge < -0.3 is 4.57 Å². The van der Waals surface area contributed by atoms with Crippen molar-refractivity contribution in [3.8, 4) is 34.2 Å². The molecule has 9 aromatic carbocycles. The third-order valence-corrected chi connectivity index (χ3v) is 14.0. The quantitative estimate of drug-likeness (QED) is 0.113. The maximum atomic E-state index is 10.7. The highest BCUT2D eigenvalue weighted by molar-refractivity contribution is 7.19. The zero-order valence-corrected chi connectivity index (χ0v) is 32.4. The Hall–Kier alpha value is -8.12. The summed E-state index contributed by atoms with van der Waals surface area (Å²) in [5, 5.41) is -7.82. The number of nitrogens with zero attached hydrogens (tertiary/aromatic N) is 4. The molecule has 0 atom stereocenters. The second-order valence-corrected chi connectivity index (χ2v) is 16.7. The standard InChI is InChI=1S/C58H40N4Si/c1-4-22-42(23-5-1)63(43-24-6-2-7-25-43,44-26-8-3-9-27-44)45-28-20-21-41(39-45)58-59-51(40-57(60-58)62-54-36-17-12-31-48(54)49-32-13-18-37-55(49)62)50-33-14-19-38-56(50)61-52-34-15-10-29-46(52)47-30-11-16-35-53(47)61/h1-40H/i1D,2D,3D,4D,5D,6D,7D,8D,9D,10D,11D,12D,13D,14D,15D,16D,17D,18D,19D,20D,21D,22D,23D,24D,25D,26D,27D,28D,29D,30D,31D,32D,33D,34D,35D,36D,37D,38D,39D. The first kappa shape index (κ1) is 14.5. The third kappa shape index (κ3) is 5.89. The molecule has 0 radical (unpaired) electrons. The van der Waals surface area contributed by atoms with Crippen LogP contribution in [0.15, 0.2) is 242 Å². The van der Waals surface area contributed by atoms with E-state index in [1.807, 2.05) is 0 Å². The van der Waals surface area contributed by atoms with Crippen LogP contribution in [0.5, 0.6) is 0 Å². The number of rotatable bonds is 8. The van der Waals surface area contributed by atoms with E-state index >= 15 is 0 Å². The molecule has 0 aliphatic rings. The van der Waals surface area contributed by atoms with Gasteiger partial charge >= 0.3 is 0 Å². The van der Waals surface area contributed by atoms with Crippen LogP contribution in [-0.2, 0) is 0 Å². The van der Waals surface area contributed by atoms with Gasteiger partial charge in [0.2, 0.25) is 0 Å². The molecule has 0 saturated heterocycles. The summed E-state index contributed by atoms with van der Waals surface area (Å²) in [6, 6.07) is -45.5. The predicted octanol–water partition coefficient (Wildman–Crippen LogP) is 11.4. The van der Waals surface area contributed by atoms with E-state index in [0.717, 1.165) is 6.07 Å². The lowest BCUT2D eigenvalue weighted by Crippen LogP contribution is -2.74. The lowest BCUT2D eigenvalue weighted by molar-refractivity contribution is 1.05. The number of benzene rings is 9. The summed E-state index contributed by atoms with van der Waals surface area (Å²) < 4.78 is 363. The highest BCUT2D eigenvalue weighted by Crippen LogP contribution is 2.38. The van der Waals surface area contributed by atoms with Crippen LogP contribution in [0.25, 0.3) is 77.8 Å². The summed E-state index contributed by atoms with van der Waals surface area (Å²) in [6.07, 6.45) is 0. The number of hydrogen-bond acceptors (Lipinski definition) is 2. The topological polar surface area (TPSA) is 35.6 Å². The molecule has 4 nitrogen and oxygen atoms in total. The van der Waals surface area contributed by atoms with E-state index in [-0.39, 0.29) is 0 Å². The molecular formula is C58H40N4Si. The highest BCUT2D eigenvalue weighted by atomic mass is 28.3. The average Bonchev–Trinajstić information content (AvgIpc) is 0.832. The molecule has 63 heavy (non-hydrogen) atoms. The van der Waals surface area contributed by atoms with Gasteiger partial charge in [-0.1, -0.05) is 205 Å². The van der Waals surface area contributed by atoms with Crippen molar-refractivity contribution in [1.82, 2.24) is 19.1 Å². The number of aromatic nitrogens is 4. The number of para-hydroxylation sites is 5. The van der Waals surface area contributed by atoms with Crippen LogP contribution >= 0.6 is 0 Å². The summed E-state index contributed by atoms with van der Waals surface area (Å²) in [5.41, 5.74) is -7.42. The van der Waals surface area contributed by atoms with E-state index < -0.39 is 342 Å². The van der Waals surface area contributed by atoms with Gasteiger partial charge in [-0.3, -0.25) is 4.57 Å². The fourth-order valence-electron chi connectivity index (χ4n) is 7.45. The Balaban J connectivity index is 1.42. The largest absolute Gasteiger partial charge is 0.309 e. The molecule has 3 aromatic heterocycles. The molecule has 0 aliphatic heterocycles. The molecule has 0 saturated carbocycles. The Labute approximate surface area is 421 Å².